The van der Waals surface area contributed by atoms with Crippen LogP contribution in [0.25, 0.3) is 0 Å². The van der Waals surface area contributed by atoms with Crippen LogP contribution in [-0.2, 0) is 18.3 Å². The maximum Gasteiger partial charge on any atom is 0.364 e. The molecule has 0 saturated heterocycles. The van der Waals surface area contributed by atoms with Crippen LogP contribution in [-0.4, -0.2) is 19.8 Å². The third kappa shape index (κ3) is 5.35. The predicted octanol–water partition coefficient (Wildman–Crippen LogP) is 4.65. The van der Waals surface area contributed by atoms with Crippen LogP contribution in [0.2, 0.25) is 0 Å². The minimum absolute atomic E-state index is 0.312. The molecule has 0 atom stereocenters. The highest BCUT2D eigenvalue weighted by atomic mass is 31.2. The summed E-state index contributed by atoms with van der Waals surface area (Å²) in [6, 6.07) is 0. The fraction of sp³-hybridized carbons (Fsp3) is 0.571. The summed E-state index contributed by atoms with van der Waals surface area (Å²) in [6.45, 7) is 13.7. The molecule has 0 amide bonds. The van der Waals surface area contributed by atoms with E-state index in [0.29, 0.717) is 30.9 Å². The molecule has 0 N–H and O–H groups in total. The molecule has 0 unspecified atom stereocenters. The third-order valence-corrected chi connectivity index (χ3v) is 4.45. The molecule has 19 heavy (non-hydrogen) atoms. The molecular weight excluding hydrogens is 263 g/mol. The van der Waals surface area contributed by atoms with E-state index in [1.54, 1.807) is 32.9 Å². The summed E-state index contributed by atoms with van der Waals surface area (Å²) in [5.41, 5.74) is 0.912. The molecule has 0 fully saturated rings. The maximum absolute atomic E-state index is 12.8. The fourth-order valence-corrected chi connectivity index (χ4v) is 3.43. The molecule has 0 spiro atoms. The molecule has 0 aromatic rings. The monoisotopic (exact) mass is 288 g/mol. The van der Waals surface area contributed by atoms with E-state index < -0.39 is 7.60 Å². The first kappa shape index (κ1) is 18.2. The summed E-state index contributed by atoms with van der Waals surface area (Å²) in [5, 5.41) is 0.470. The van der Waals surface area contributed by atoms with Crippen LogP contribution >= 0.6 is 7.60 Å². The Morgan fingerprint density at radius 1 is 1.21 bits per heavy atom. The molecular formula is C14H25O4P. The molecule has 0 aromatic carbocycles. The zero-order valence-corrected chi connectivity index (χ0v) is 13.5. The molecule has 0 aromatic heterocycles. The van der Waals surface area contributed by atoms with Gasteiger partial charge in [0.05, 0.1) is 13.2 Å². The van der Waals surface area contributed by atoms with Crippen LogP contribution in [0.4, 0.5) is 0 Å². The van der Waals surface area contributed by atoms with Crippen molar-refractivity contribution < 1.29 is 18.3 Å². The third-order valence-electron chi connectivity index (χ3n) is 2.20. The van der Waals surface area contributed by atoms with Crippen LogP contribution in [0.15, 0.2) is 35.4 Å². The molecule has 0 saturated carbocycles. The Labute approximate surface area is 116 Å². The van der Waals surface area contributed by atoms with Crippen molar-refractivity contribution in [1.82, 2.24) is 0 Å². The van der Waals surface area contributed by atoms with Gasteiger partial charge in [0.25, 0.3) is 0 Å². The Morgan fingerprint density at radius 3 is 2.05 bits per heavy atom. The standard InChI is InChI=1S/C14H25O4P/c1-7-11-16-14(12(5)6)13(8-2)19(15,17-9-3)18-10-4/h7-8H,1,9-11H2,2-6H3/b13-8-. The van der Waals surface area contributed by atoms with Crippen molar-refractivity contribution in [2.24, 2.45) is 0 Å². The molecule has 0 rings (SSSR count). The first-order valence-electron chi connectivity index (χ1n) is 6.44. The van der Waals surface area contributed by atoms with Crippen molar-refractivity contribution in [2.45, 2.75) is 34.6 Å². The summed E-state index contributed by atoms with van der Waals surface area (Å²) in [4.78, 5) is 0. The minimum atomic E-state index is -3.34. The van der Waals surface area contributed by atoms with E-state index in [-0.39, 0.29) is 0 Å². The van der Waals surface area contributed by atoms with Crippen LogP contribution in [0.1, 0.15) is 34.6 Å². The Kier molecular flexibility index (Phi) is 8.73. The van der Waals surface area contributed by atoms with E-state index in [2.05, 4.69) is 6.58 Å². The van der Waals surface area contributed by atoms with Gasteiger partial charge in [-0.05, 0) is 40.2 Å². The molecule has 5 heteroatoms. The van der Waals surface area contributed by atoms with Crippen LogP contribution < -0.4 is 0 Å². The summed E-state index contributed by atoms with van der Waals surface area (Å²) in [7, 11) is -3.34. The Morgan fingerprint density at radius 2 is 1.74 bits per heavy atom. The van der Waals surface area contributed by atoms with Gasteiger partial charge in [-0.1, -0.05) is 18.7 Å². The second kappa shape index (κ2) is 9.13. The normalized spacial score (nSPS) is 12.2. The van der Waals surface area contributed by atoms with Gasteiger partial charge >= 0.3 is 7.60 Å². The van der Waals surface area contributed by atoms with Gasteiger partial charge in [-0.3, -0.25) is 4.57 Å². The Hall–Kier alpha value is -0.830. The Bertz CT molecular complexity index is 382. The average Bonchev–Trinajstić information content (AvgIpc) is 2.34. The molecule has 0 aliphatic rings. The molecule has 110 valence electrons. The second-order valence-electron chi connectivity index (χ2n) is 3.94. The van der Waals surface area contributed by atoms with Crippen molar-refractivity contribution in [3.05, 3.63) is 35.4 Å². The maximum atomic E-state index is 12.8. The van der Waals surface area contributed by atoms with E-state index >= 15 is 0 Å². The summed E-state index contributed by atoms with van der Waals surface area (Å²) >= 11 is 0. The van der Waals surface area contributed by atoms with E-state index in [1.807, 2.05) is 13.8 Å². The number of ether oxygens (including phenoxy) is 1. The first-order valence-corrected chi connectivity index (χ1v) is 7.98. The van der Waals surface area contributed by atoms with Crippen LogP contribution in [0.3, 0.4) is 0 Å². The lowest BCUT2D eigenvalue weighted by Gasteiger charge is -2.22. The molecule has 0 bridgehead atoms. The van der Waals surface area contributed by atoms with Gasteiger partial charge in [0.1, 0.15) is 17.7 Å². The van der Waals surface area contributed by atoms with Crippen molar-refractivity contribution in [1.29, 1.82) is 0 Å². The molecule has 4 nitrogen and oxygen atoms in total. The molecule has 0 aliphatic heterocycles. The summed E-state index contributed by atoms with van der Waals surface area (Å²) < 4.78 is 29.1. The highest BCUT2D eigenvalue weighted by molar-refractivity contribution is 7.58. The minimum Gasteiger partial charge on any atom is -0.489 e. The SMILES string of the molecule is C=CCOC(=C(C)C)/C(=C/C)P(=O)(OCC)OCC. The van der Waals surface area contributed by atoms with Crippen LogP contribution in [0.5, 0.6) is 0 Å². The highest BCUT2D eigenvalue weighted by Gasteiger charge is 2.33. The molecule has 0 radical (unpaired) electrons. The summed E-state index contributed by atoms with van der Waals surface area (Å²) in [5.74, 6) is 0.549. The van der Waals surface area contributed by atoms with Crippen molar-refractivity contribution in [2.75, 3.05) is 19.8 Å². The van der Waals surface area contributed by atoms with Gasteiger partial charge in [0, 0.05) is 0 Å². The first-order chi connectivity index (χ1) is 8.96. The van der Waals surface area contributed by atoms with Gasteiger partial charge in [-0.15, -0.1) is 0 Å². The lowest BCUT2D eigenvalue weighted by molar-refractivity contribution is 0.216. The molecule has 0 aliphatic carbocycles. The van der Waals surface area contributed by atoms with E-state index in [1.165, 1.54) is 0 Å². The largest absolute Gasteiger partial charge is 0.489 e. The highest BCUT2D eigenvalue weighted by Crippen LogP contribution is 2.59. The summed E-state index contributed by atoms with van der Waals surface area (Å²) in [6.07, 6.45) is 3.36. The van der Waals surface area contributed by atoms with Crippen molar-refractivity contribution >= 4 is 7.60 Å². The smallest absolute Gasteiger partial charge is 0.364 e. The number of rotatable bonds is 9. The van der Waals surface area contributed by atoms with E-state index in [9.17, 15) is 4.57 Å². The lowest BCUT2D eigenvalue weighted by atomic mass is 10.2. The average molecular weight is 288 g/mol. The van der Waals surface area contributed by atoms with E-state index in [0.717, 1.165) is 5.57 Å². The second-order valence-corrected chi connectivity index (χ2v) is 5.93. The van der Waals surface area contributed by atoms with Crippen molar-refractivity contribution in [3.63, 3.8) is 0 Å². The molecule has 0 heterocycles. The van der Waals surface area contributed by atoms with Gasteiger partial charge < -0.3 is 13.8 Å². The van der Waals surface area contributed by atoms with Crippen LogP contribution in [0, 0.1) is 0 Å². The van der Waals surface area contributed by atoms with Gasteiger partial charge in [-0.2, -0.15) is 0 Å². The van der Waals surface area contributed by atoms with Gasteiger partial charge in [-0.25, -0.2) is 0 Å². The zero-order valence-electron chi connectivity index (χ0n) is 12.6. The van der Waals surface area contributed by atoms with Gasteiger partial charge in [0.15, 0.2) is 0 Å². The number of hydrogen-bond acceptors (Lipinski definition) is 4. The number of hydrogen-bond donors (Lipinski definition) is 0. The number of allylic oxidation sites excluding steroid dienone is 3. The quantitative estimate of drug-likeness (QED) is 0.268. The topological polar surface area (TPSA) is 44.8 Å². The lowest BCUT2D eigenvalue weighted by Crippen LogP contribution is -2.05. The fourth-order valence-electron chi connectivity index (χ4n) is 1.55. The zero-order chi connectivity index (χ0) is 14.9. The van der Waals surface area contributed by atoms with E-state index in [4.69, 9.17) is 13.8 Å². The van der Waals surface area contributed by atoms with Gasteiger partial charge in [0.2, 0.25) is 0 Å². The predicted molar refractivity (Wildman–Crippen MR) is 79.1 cm³/mol. The Balaban J connectivity index is 5.52. The van der Waals surface area contributed by atoms with Crippen molar-refractivity contribution in [3.8, 4) is 0 Å².